The minimum Gasteiger partial charge on any atom is -0.466 e. The van der Waals surface area contributed by atoms with Gasteiger partial charge in [-0.1, -0.05) is 0 Å². The smallest absolute Gasteiger partial charge is 0.137 e. The topological polar surface area (TPSA) is 13.1 Å². The summed E-state index contributed by atoms with van der Waals surface area (Å²) in [6, 6.07) is 2.19. The number of halogens is 4. The predicted molar refractivity (Wildman–Crippen MR) is 74.7 cm³/mol. The predicted octanol–water partition coefficient (Wildman–Crippen LogP) is 5.57. The Kier molecular flexibility index (Phi) is 4.02. The summed E-state index contributed by atoms with van der Waals surface area (Å²) in [6.07, 6.45) is 0. The molecule has 0 aliphatic carbocycles. The molecule has 0 aliphatic heterocycles. The third kappa shape index (κ3) is 2.56. The summed E-state index contributed by atoms with van der Waals surface area (Å²) in [5.41, 5.74) is 1.66. The van der Waals surface area contributed by atoms with Crippen molar-refractivity contribution >= 4 is 27.5 Å². The number of hydrogen-bond acceptors (Lipinski definition) is 1. The second kappa shape index (κ2) is 5.25. The summed E-state index contributed by atoms with van der Waals surface area (Å²) in [7, 11) is 0. The van der Waals surface area contributed by atoms with Crippen LogP contribution in [0.4, 0.5) is 8.78 Å². The van der Waals surface area contributed by atoms with E-state index < -0.39 is 17.0 Å². The highest BCUT2D eigenvalue weighted by Crippen LogP contribution is 2.38. The van der Waals surface area contributed by atoms with Gasteiger partial charge in [0, 0.05) is 11.1 Å². The molecule has 0 radical (unpaired) electrons. The summed E-state index contributed by atoms with van der Waals surface area (Å²) in [5, 5.41) is -0.778. The van der Waals surface area contributed by atoms with E-state index in [-0.39, 0.29) is 10.0 Å². The monoisotopic (exact) mass is 348 g/mol. The van der Waals surface area contributed by atoms with Gasteiger partial charge >= 0.3 is 0 Å². The second-order valence-electron chi connectivity index (χ2n) is 4.40. The first-order valence-corrected chi connectivity index (χ1v) is 6.90. The van der Waals surface area contributed by atoms with Crippen LogP contribution >= 0.6 is 27.5 Å². The maximum Gasteiger partial charge on any atom is 0.137 e. The molecule has 5 heteroatoms. The molecule has 1 heterocycles. The molecule has 2 rings (SSSR count). The number of furan rings is 1. The van der Waals surface area contributed by atoms with Crippen LogP contribution < -0.4 is 0 Å². The summed E-state index contributed by atoms with van der Waals surface area (Å²) >= 11 is 9.25. The van der Waals surface area contributed by atoms with Crippen LogP contribution in [0.15, 0.2) is 21.0 Å². The first-order valence-electron chi connectivity index (χ1n) is 5.68. The van der Waals surface area contributed by atoms with Gasteiger partial charge in [-0.05, 0) is 54.4 Å². The average Bonchev–Trinajstić information content (AvgIpc) is 2.57. The molecule has 0 saturated heterocycles. The van der Waals surface area contributed by atoms with Crippen molar-refractivity contribution in [3.63, 3.8) is 0 Å². The Labute approximate surface area is 123 Å². The molecule has 1 atom stereocenters. The molecule has 2 aromatic rings. The van der Waals surface area contributed by atoms with Crippen LogP contribution in [-0.2, 0) is 0 Å². The Morgan fingerprint density at radius 3 is 2.26 bits per heavy atom. The Balaban J connectivity index is 2.56. The summed E-state index contributed by atoms with van der Waals surface area (Å²) < 4.78 is 33.0. The molecule has 0 amide bonds. The number of hydrogen-bond donors (Lipinski definition) is 0. The van der Waals surface area contributed by atoms with Crippen LogP contribution in [0, 0.1) is 32.4 Å². The van der Waals surface area contributed by atoms with Gasteiger partial charge in [0.2, 0.25) is 0 Å². The normalized spacial score (nSPS) is 12.8. The number of alkyl halides is 1. The highest BCUT2D eigenvalue weighted by atomic mass is 79.9. The van der Waals surface area contributed by atoms with E-state index in [0.29, 0.717) is 11.3 Å². The molecule has 19 heavy (non-hydrogen) atoms. The highest BCUT2D eigenvalue weighted by molar-refractivity contribution is 9.10. The van der Waals surface area contributed by atoms with Crippen molar-refractivity contribution in [3.8, 4) is 0 Å². The molecule has 102 valence electrons. The van der Waals surface area contributed by atoms with E-state index in [1.165, 1.54) is 0 Å². The molecule has 1 unspecified atom stereocenters. The lowest BCUT2D eigenvalue weighted by atomic mass is 10.00. The van der Waals surface area contributed by atoms with Gasteiger partial charge in [0.25, 0.3) is 0 Å². The van der Waals surface area contributed by atoms with Gasteiger partial charge in [0.05, 0.1) is 9.85 Å². The lowest BCUT2D eigenvalue weighted by molar-refractivity contribution is 0.499. The Bertz CT molecular complexity index is 637. The van der Waals surface area contributed by atoms with E-state index in [0.717, 1.165) is 23.5 Å². The second-order valence-corrected chi connectivity index (χ2v) is 5.69. The lowest BCUT2D eigenvalue weighted by Gasteiger charge is -2.12. The Hall–Kier alpha value is -0.870. The van der Waals surface area contributed by atoms with Gasteiger partial charge in [-0.15, -0.1) is 11.6 Å². The fourth-order valence-corrected chi connectivity index (χ4v) is 2.87. The third-order valence-corrected chi connectivity index (χ3v) is 4.24. The summed E-state index contributed by atoms with van der Waals surface area (Å²) in [6.45, 7) is 5.43. The first-order chi connectivity index (χ1) is 8.82. The third-order valence-electron chi connectivity index (χ3n) is 3.18. The van der Waals surface area contributed by atoms with E-state index in [4.69, 9.17) is 16.0 Å². The zero-order chi connectivity index (χ0) is 14.3. The maximum atomic E-state index is 13.9. The highest BCUT2D eigenvalue weighted by Gasteiger charge is 2.24. The Morgan fingerprint density at radius 2 is 1.74 bits per heavy atom. The van der Waals surface area contributed by atoms with Crippen LogP contribution in [0.5, 0.6) is 0 Å². The molecule has 1 aromatic carbocycles. The minimum atomic E-state index is -0.778. The zero-order valence-corrected chi connectivity index (χ0v) is 13.0. The molecule has 0 aliphatic rings. The number of aryl methyl sites for hydroxylation is 2. The summed E-state index contributed by atoms with van der Waals surface area (Å²) in [5.74, 6) is 0.261. The van der Waals surface area contributed by atoms with Crippen LogP contribution in [-0.4, -0.2) is 0 Å². The van der Waals surface area contributed by atoms with Gasteiger partial charge in [-0.3, -0.25) is 0 Å². The number of rotatable bonds is 2. The molecular formula is C14H12BrClF2O. The molecular weight excluding hydrogens is 338 g/mol. The SMILES string of the molecule is Cc1oc(C)c(C(Cl)c2cc(F)c(Br)cc2F)c1C. The quantitative estimate of drug-likeness (QED) is 0.510. The van der Waals surface area contributed by atoms with Crippen molar-refractivity contribution in [1.82, 2.24) is 0 Å². The molecule has 0 N–H and O–H groups in total. The van der Waals surface area contributed by atoms with E-state index >= 15 is 0 Å². The minimum absolute atomic E-state index is 0.0782. The van der Waals surface area contributed by atoms with E-state index in [1.54, 1.807) is 6.92 Å². The molecule has 0 spiro atoms. The number of benzene rings is 1. The van der Waals surface area contributed by atoms with Crippen molar-refractivity contribution in [2.24, 2.45) is 0 Å². The largest absolute Gasteiger partial charge is 0.466 e. The summed E-state index contributed by atoms with van der Waals surface area (Å²) in [4.78, 5) is 0. The first kappa shape index (κ1) is 14.5. The molecule has 1 aromatic heterocycles. The van der Waals surface area contributed by atoms with Crippen LogP contribution in [0.1, 0.15) is 33.6 Å². The van der Waals surface area contributed by atoms with Crippen molar-refractivity contribution in [2.45, 2.75) is 26.1 Å². The van der Waals surface area contributed by atoms with Gasteiger partial charge < -0.3 is 4.42 Å². The fourth-order valence-electron chi connectivity index (χ4n) is 2.07. The van der Waals surface area contributed by atoms with Crippen molar-refractivity contribution < 1.29 is 13.2 Å². The van der Waals surface area contributed by atoms with E-state index in [1.807, 2.05) is 13.8 Å². The van der Waals surface area contributed by atoms with Crippen LogP contribution in [0.25, 0.3) is 0 Å². The van der Waals surface area contributed by atoms with Gasteiger partial charge in [-0.25, -0.2) is 8.78 Å². The standard InChI is InChI=1S/C14H12BrClF2O/c1-6-7(2)19-8(3)13(6)14(16)9-4-12(18)10(15)5-11(9)17/h4-5,14H,1-3H3. The molecule has 0 bridgehead atoms. The van der Waals surface area contributed by atoms with Crippen molar-refractivity contribution in [2.75, 3.05) is 0 Å². The zero-order valence-electron chi connectivity index (χ0n) is 10.7. The van der Waals surface area contributed by atoms with Crippen molar-refractivity contribution in [1.29, 1.82) is 0 Å². The van der Waals surface area contributed by atoms with Gasteiger partial charge in [-0.2, -0.15) is 0 Å². The molecule has 0 fully saturated rings. The van der Waals surface area contributed by atoms with E-state index in [2.05, 4.69) is 15.9 Å². The fraction of sp³-hybridized carbons (Fsp3) is 0.286. The van der Waals surface area contributed by atoms with Gasteiger partial charge in [0.15, 0.2) is 0 Å². The molecule has 1 nitrogen and oxygen atoms in total. The average molecular weight is 350 g/mol. The Morgan fingerprint density at radius 1 is 1.11 bits per heavy atom. The van der Waals surface area contributed by atoms with E-state index in [9.17, 15) is 8.78 Å². The lowest BCUT2D eigenvalue weighted by Crippen LogP contribution is -2.01. The van der Waals surface area contributed by atoms with Gasteiger partial charge in [0.1, 0.15) is 23.2 Å². The van der Waals surface area contributed by atoms with Crippen LogP contribution in [0.3, 0.4) is 0 Å². The molecule has 0 saturated carbocycles. The van der Waals surface area contributed by atoms with Crippen molar-refractivity contribution in [3.05, 3.63) is 56.5 Å². The van der Waals surface area contributed by atoms with Crippen LogP contribution in [0.2, 0.25) is 0 Å². The maximum absolute atomic E-state index is 13.9.